The summed E-state index contributed by atoms with van der Waals surface area (Å²) in [6.07, 6.45) is -0.885. The molecule has 1 heterocycles. The van der Waals surface area contributed by atoms with Crippen molar-refractivity contribution in [3.63, 3.8) is 0 Å². The zero-order chi connectivity index (χ0) is 16.9. The normalized spacial score (nSPS) is 11.9. The summed E-state index contributed by atoms with van der Waals surface area (Å²) in [7, 11) is 0. The Hall–Kier alpha value is -2.57. The highest BCUT2D eigenvalue weighted by Gasteiger charge is 2.11. The van der Waals surface area contributed by atoms with E-state index in [9.17, 15) is 14.3 Å². The summed E-state index contributed by atoms with van der Waals surface area (Å²) in [6.45, 7) is 0.0539. The van der Waals surface area contributed by atoms with Gasteiger partial charge in [-0.2, -0.15) is 0 Å². The molecule has 0 radical (unpaired) electrons. The fourth-order valence-electron chi connectivity index (χ4n) is 2.24. The van der Waals surface area contributed by atoms with Crippen molar-refractivity contribution < 1.29 is 14.3 Å². The highest BCUT2D eigenvalue weighted by atomic mass is 32.1. The lowest BCUT2D eigenvalue weighted by Crippen LogP contribution is -2.28. The predicted octanol–water partition coefficient (Wildman–Crippen LogP) is 3.41. The minimum atomic E-state index is -0.885. The molecule has 6 heteroatoms. The Morgan fingerprint density at radius 2 is 1.88 bits per heavy atom. The summed E-state index contributed by atoms with van der Waals surface area (Å²) in [5.41, 5.74) is 4.63. The number of carbonyl (C=O) groups is 1. The third-order valence-electron chi connectivity index (χ3n) is 3.59. The zero-order valence-electron chi connectivity index (χ0n) is 12.6. The van der Waals surface area contributed by atoms with E-state index in [1.165, 1.54) is 35.6 Å². The lowest BCUT2D eigenvalue weighted by Gasteiger charge is -2.12. The van der Waals surface area contributed by atoms with Gasteiger partial charge < -0.3 is 10.4 Å². The number of aromatic nitrogens is 1. The van der Waals surface area contributed by atoms with Gasteiger partial charge in [-0.3, -0.25) is 4.79 Å². The van der Waals surface area contributed by atoms with E-state index in [4.69, 9.17) is 0 Å². The second-order valence-electron chi connectivity index (χ2n) is 5.23. The molecule has 2 aromatic carbocycles. The van der Waals surface area contributed by atoms with Crippen LogP contribution in [0.5, 0.6) is 0 Å². The van der Waals surface area contributed by atoms with Crippen molar-refractivity contribution in [2.75, 3.05) is 6.54 Å². The molecule has 1 aromatic heterocycles. The lowest BCUT2D eigenvalue weighted by atomic mass is 10.1. The van der Waals surface area contributed by atoms with Gasteiger partial charge in [0.2, 0.25) is 0 Å². The van der Waals surface area contributed by atoms with Crippen LogP contribution in [0.4, 0.5) is 4.39 Å². The number of benzene rings is 2. The topological polar surface area (TPSA) is 62.2 Å². The predicted molar refractivity (Wildman–Crippen MR) is 91.2 cm³/mol. The monoisotopic (exact) mass is 342 g/mol. The lowest BCUT2D eigenvalue weighted by molar-refractivity contribution is 0.0916. The average molecular weight is 342 g/mol. The Bertz CT molecular complexity index is 802. The molecule has 0 aliphatic carbocycles. The molecular formula is C18H15FN2O2S. The molecule has 0 spiro atoms. The number of nitrogens with zero attached hydrogens (tertiary/aromatic N) is 1. The molecular weight excluding hydrogens is 327 g/mol. The van der Waals surface area contributed by atoms with Gasteiger partial charge in [-0.05, 0) is 29.8 Å². The SMILES string of the molecule is O=C(NCC(O)c1ccc(F)cc1)c1ccc(-c2cscn2)cc1. The molecule has 0 bridgehead atoms. The molecule has 0 aliphatic rings. The molecule has 0 fully saturated rings. The van der Waals surface area contributed by atoms with E-state index < -0.39 is 6.10 Å². The summed E-state index contributed by atoms with van der Waals surface area (Å²) in [6, 6.07) is 12.6. The summed E-state index contributed by atoms with van der Waals surface area (Å²) in [5, 5.41) is 14.6. The van der Waals surface area contributed by atoms with Crippen LogP contribution in [0.2, 0.25) is 0 Å². The Morgan fingerprint density at radius 3 is 2.50 bits per heavy atom. The van der Waals surface area contributed by atoms with E-state index in [-0.39, 0.29) is 18.3 Å². The number of aliphatic hydroxyl groups is 1. The number of halogens is 1. The number of nitrogens with one attached hydrogen (secondary N) is 1. The first-order chi connectivity index (χ1) is 11.6. The Morgan fingerprint density at radius 1 is 1.17 bits per heavy atom. The smallest absolute Gasteiger partial charge is 0.251 e. The maximum absolute atomic E-state index is 12.9. The highest BCUT2D eigenvalue weighted by molar-refractivity contribution is 7.07. The van der Waals surface area contributed by atoms with E-state index in [1.54, 1.807) is 17.6 Å². The summed E-state index contributed by atoms with van der Waals surface area (Å²) >= 11 is 1.51. The number of rotatable bonds is 5. The van der Waals surface area contributed by atoms with Gasteiger partial charge in [0.1, 0.15) is 5.82 Å². The zero-order valence-corrected chi connectivity index (χ0v) is 13.5. The van der Waals surface area contributed by atoms with E-state index in [0.29, 0.717) is 11.1 Å². The van der Waals surface area contributed by atoms with Crippen LogP contribution in [0.3, 0.4) is 0 Å². The van der Waals surface area contributed by atoms with Gasteiger partial charge in [0.15, 0.2) is 0 Å². The number of carbonyl (C=O) groups excluding carboxylic acids is 1. The van der Waals surface area contributed by atoms with Crippen LogP contribution in [0.15, 0.2) is 59.4 Å². The molecule has 1 unspecified atom stereocenters. The van der Waals surface area contributed by atoms with Gasteiger partial charge in [0, 0.05) is 23.1 Å². The number of hydrogen-bond donors (Lipinski definition) is 2. The third-order valence-corrected chi connectivity index (χ3v) is 4.17. The molecule has 122 valence electrons. The van der Waals surface area contributed by atoms with E-state index in [1.807, 2.05) is 17.5 Å². The van der Waals surface area contributed by atoms with Crippen LogP contribution in [-0.4, -0.2) is 22.5 Å². The molecule has 3 rings (SSSR count). The quantitative estimate of drug-likeness (QED) is 0.747. The first-order valence-electron chi connectivity index (χ1n) is 7.34. The van der Waals surface area contributed by atoms with Crippen molar-refractivity contribution >= 4 is 17.2 Å². The largest absolute Gasteiger partial charge is 0.387 e. The minimum Gasteiger partial charge on any atom is -0.387 e. The van der Waals surface area contributed by atoms with Crippen LogP contribution in [-0.2, 0) is 0 Å². The van der Waals surface area contributed by atoms with Crippen molar-refractivity contribution in [2.24, 2.45) is 0 Å². The van der Waals surface area contributed by atoms with E-state index in [2.05, 4.69) is 10.3 Å². The maximum Gasteiger partial charge on any atom is 0.251 e. The summed E-state index contributed by atoms with van der Waals surface area (Å²) in [5.74, 6) is -0.642. The van der Waals surface area contributed by atoms with Gasteiger partial charge in [-0.1, -0.05) is 24.3 Å². The standard InChI is InChI=1S/C18H15FN2O2S/c19-15-7-5-13(6-8-15)17(22)9-20-18(23)14-3-1-12(2-4-14)16-10-24-11-21-16/h1-8,10-11,17,22H,9H2,(H,20,23). The van der Waals surface area contributed by atoms with E-state index >= 15 is 0 Å². The summed E-state index contributed by atoms with van der Waals surface area (Å²) in [4.78, 5) is 16.4. The molecule has 1 atom stereocenters. The first-order valence-corrected chi connectivity index (χ1v) is 8.28. The second kappa shape index (κ2) is 7.33. The summed E-state index contributed by atoms with van der Waals surface area (Å²) < 4.78 is 12.9. The number of hydrogen-bond acceptors (Lipinski definition) is 4. The maximum atomic E-state index is 12.9. The highest BCUT2D eigenvalue weighted by Crippen LogP contribution is 2.19. The number of thiazole rings is 1. The van der Waals surface area contributed by atoms with Gasteiger partial charge in [-0.15, -0.1) is 11.3 Å². The van der Waals surface area contributed by atoms with Crippen LogP contribution in [0, 0.1) is 5.82 Å². The van der Waals surface area contributed by atoms with Crippen molar-refractivity contribution in [3.05, 3.63) is 76.4 Å². The molecule has 4 nitrogen and oxygen atoms in total. The molecule has 0 saturated carbocycles. The third kappa shape index (κ3) is 3.84. The Kier molecular flexibility index (Phi) is 4.98. The van der Waals surface area contributed by atoms with Gasteiger partial charge >= 0.3 is 0 Å². The molecule has 0 saturated heterocycles. The Balaban J connectivity index is 1.59. The first kappa shape index (κ1) is 16.3. The molecule has 0 aliphatic heterocycles. The van der Waals surface area contributed by atoms with Gasteiger partial charge in [-0.25, -0.2) is 9.37 Å². The molecule has 3 aromatic rings. The molecule has 24 heavy (non-hydrogen) atoms. The van der Waals surface area contributed by atoms with Crippen LogP contribution in [0.25, 0.3) is 11.3 Å². The van der Waals surface area contributed by atoms with Crippen molar-refractivity contribution in [2.45, 2.75) is 6.10 Å². The van der Waals surface area contributed by atoms with Crippen molar-refractivity contribution in [3.8, 4) is 11.3 Å². The van der Waals surface area contributed by atoms with Crippen LogP contribution in [0.1, 0.15) is 22.0 Å². The number of amides is 1. The fraction of sp³-hybridized carbons (Fsp3) is 0.111. The number of aliphatic hydroxyl groups excluding tert-OH is 1. The van der Waals surface area contributed by atoms with Crippen LogP contribution < -0.4 is 5.32 Å². The van der Waals surface area contributed by atoms with Crippen molar-refractivity contribution in [1.29, 1.82) is 0 Å². The molecule has 2 N–H and O–H groups in total. The van der Waals surface area contributed by atoms with E-state index in [0.717, 1.165) is 11.3 Å². The van der Waals surface area contributed by atoms with Gasteiger partial charge in [0.05, 0.1) is 17.3 Å². The fourth-order valence-corrected chi connectivity index (χ4v) is 2.80. The average Bonchev–Trinajstić information content (AvgIpc) is 3.15. The minimum absolute atomic E-state index is 0.0539. The Labute approximate surface area is 142 Å². The van der Waals surface area contributed by atoms with Crippen molar-refractivity contribution in [1.82, 2.24) is 10.3 Å². The van der Waals surface area contributed by atoms with Crippen LogP contribution >= 0.6 is 11.3 Å². The van der Waals surface area contributed by atoms with Gasteiger partial charge in [0.25, 0.3) is 5.91 Å². The second-order valence-corrected chi connectivity index (χ2v) is 5.95. The molecule has 1 amide bonds.